The molecule has 3 heteroatoms. The predicted molar refractivity (Wildman–Crippen MR) is 162 cm³/mol. The van der Waals surface area contributed by atoms with E-state index >= 15 is 0 Å². The first-order valence-corrected chi connectivity index (χ1v) is 16.9. The SMILES string of the molecule is C=C(C)[C@@H]1CCC2(N)CCC3C(CCC4C3(C)CCC3C(C)(C)C(C5=CC6C(C5)C6C(=O)OCC)=CCC34C)[C@@H]12. The molecule has 7 aliphatic carbocycles. The molecule has 7 aliphatic rings. The number of rotatable bonds is 4. The van der Waals surface area contributed by atoms with E-state index in [4.69, 9.17) is 10.5 Å². The fourth-order valence-electron chi connectivity index (χ4n) is 13.2. The largest absolute Gasteiger partial charge is 0.466 e. The van der Waals surface area contributed by atoms with Crippen LogP contribution in [0, 0.1) is 69.5 Å². The first-order chi connectivity index (χ1) is 18.9. The normalized spacial score (nSPS) is 51.7. The van der Waals surface area contributed by atoms with Crippen LogP contribution < -0.4 is 5.73 Å². The number of fused-ring (bicyclic) bond motifs is 8. The zero-order chi connectivity index (χ0) is 28.4. The summed E-state index contributed by atoms with van der Waals surface area (Å²) in [5.74, 6) is 5.48. The van der Waals surface area contributed by atoms with E-state index in [0.29, 0.717) is 41.1 Å². The van der Waals surface area contributed by atoms with Crippen LogP contribution in [-0.2, 0) is 9.53 Å². The van der Waals surface area contributed by atoms with E-state index in [1.807, 2.05) is 6.92 Å². The quantitative estimate of drug-likeness (QED) is 0.286. The lowest BCUT2D eigenvalue weighted by Gasteiger charge is -2.68. The van der Waals surface area contributed by atoms with Gasteiger partial charge in [0.25, 0.3) is 0 Å². The molecule has 0 heterocycles. The molecule has 10 unspecified atom stereocenters. The second kappa shape index (κ2) is 8.84. The Morgan fingerprint density at radius 1 is 1.00 bits per heavy atom. The minimum atomic E-state index is 0.0289. The third-order valence-electron chi connectivity index (χ3n) is 14.8. The van der Waals surface area contributed by atoms with Crippen molar-refractivity contribution in [2.75, 3.05) is 6.61 Å². The van der Waals surface area contributed by atoms with E-state index in [-0.39, 0.29) is 22.8 Å². The van der Waals surface area contributed by atoms with Gasteiger partial charge in [-0.1, -0.05) is 52.0 Å². The Labute approximate surface area is 243 Å². The van der Waals surface area contributed by atoms with Gasteiger partial charge in [-0.2, -0.15) is 0 Å². The third-order valence-corrected chi connectivity index (χ3v) is 14.8. The van der Waals surface area contributed by atoms with E-state index in [1.54, 1.807) is 11.1 Å². The number of carbonyl (C=O) groups excluding carboxylic acids is 1. The first kappa shape index (κ1) is 27.5. The second-order valence-electron chi connectivity index (χ2n) is 16.8. The highest BCUT2D eigenvalue weighted by Crippen LogP contribution is 2.73. The van der Waals surface area contributed by atoms with Gasteiger partial charge in [-0.25, -0.2) is 0 Å². The number of nitrogens with two attached hydrogens (primary N) is 1. The van der Waals surface area contributed by atoms with Crippen molar-refractivity contribution in [3.8, 4) is 0 Å². The van der Waals surface area contributed by atoms with Crippen LogP contribution in [0.1, 0.15) is 106 Å². The van der Waals surface area contributed by atoms with Gasteiger partial charge in [0.15, 0.2) is 0 Å². The van der Waals surface area contributed by atoms with E-state index in [9.17, 15) is 4.79 Å². The molecule has 0 saturated heterocycles. The minimum absolute atomic E-state index is 0.0289. The highest BCUT2D eigenvalue weighted by Gasteiger charge is 2.66. The van der Waals surface area contributed by atoms with Crippen molar-refractivity contribution in [1.82, 2.24) is 0 Å². The number of ether oxygens (including phenoxy) is 1. The molecule has 0 aliphatic heterocycles. The van der Waals surface area contributed by atoms with Crippen molar-refractivity contribution in [3.05, 3.63) is 35.5 Å². The number of allylic oxidation sites excluding steroid dienone is 5. The van der Waals surface area contributed by atoms with Crippen LogP contribution in [0.2, 0.25) is 0 Å². The molecule has 3 nitrogen and oxygen atoms in total. The monoisotopic (exact) mass is 545 g/mol. The second-order valence-corrected chi connectivity index (χ2v) is 16.8. The minimum Gasteiger partial charge on any atom is -0.466 e. The van der Waals surface area contributed by atoms with Gasteiger partial charge in [0.05, 0.1) is 12.5 Å². The fourth-order valence-corrected chi connectivity index (χ4v) is 13.2. The molecule has 40 heavy (non-hydrogen) atoms. The van der Waals surface area contributed by atoms with Crippen molar-refractivity contribution in [2.45, 2.75) is 111 Å². The van der Waals surface area contributed by atoms with Gasteiger partial charge in [0.1, 0.15) is 0 Å². The molecule has 5 saturated carbocycles. The van der Waals surface area contributed by atoms with Crippen molar-refractivity contribution in [1.29, 1.82) is 0 Å². The Bertz CT molecular complexity index is 1180. The summed E-state index contributed by atoms with van der Waals surface area (Å²) in [6, 6.07) is 0. The molecule has 0 aromatic heterocycles. The predicted octanol–water partition coefficient (Wildman–Crippen LogP) is 8.26. The van der Waals surface area contributed by atoms with Crippen LogP contribution in [0.4, 0.5) is 0 Å². The molecule has 0 bridgehead atoms. The van der Waals surface area contributed by atoms with Crippen LogP contribution in [0.25, 0.3) is 0 Å². The molecular weight excluding hydrogens is 490 g/mol. The molecule has 7 rings (SSSR count). The Hall–Kier alpha value is -1.35. The van der Waals surface area contributed by atoms with Crippen molar-refractivity contribution in [2.24, 2.45) is 75.2 Å². The summed E-state index contributed by atoms with van der Waals surface area (Å²) in [5, 5.41) is 0. The smallest absolute Gasteiger partial charge is 0.309 e. The van der Waals surface area contributed by atoms with E-state index in [1.165, 1.54) is 63.4 Å². The van der Waals surface area contributed by atoms with Crippen LogP contribution in [0.5, 0.6) is 0 Å². The molecule has 5 fully saturated rings. The highest BCUT2D eigenvalue weighted by atomic mass is 16.5. The van der Waals surface area contributed by atoms with Crippen LogP contribution in [0.3, 0.4) is 0 Å². The molecule has 12 atom stereocenters. The third kappa shape index (κ3) is 3.54. The van der Waals surface area contributed by atoms with Gasteiger partial charge >= 0.3 is 5.97 Å². The zero-order valence-electron chi connectivity index (χ0n) is 26.2. The molecule has 0 aromatic rings. The zero-order valence-corrected chi connectivity index (χ0v) is 26.2. The lowest BCUT2D eigenvalue weighted by atomic mass is 9.36. The van der Waals surface area contributed by atoms with Gasteiger partial charge in [0.2, 0.25) is 0 Å². The van der Waals surface area contributed by atoms with Crippen molar-refractivity contribution < 1.29 is 9.53 Å². The van der Waals surface area contributed by atoms with Crippen LogP contribution in [0.15, 0.2) is 35.5 Å². The molecule has 0 amide bonds. The van der Waals surface area contributed by atoms with Crippen LogP contribution in [-0.4, -0.2) is 18.1 Å². The average molecular weight is 546 g/mol. The summed E-state index contributed by atoms with van der Waals surface area (Å²) in [5.41, 5.74) is 12.8. The molecule has 220 valence electrons. The molecular formula is C37H55NO2. The Morgan fingerprint density at radius 3 is 2.42 bits per heavy atom. The van der Waals surface area contributed by atoms with Gasteiger partial charge < -0.3 is 10.5 Å². The average Bonchev–Trinajstić information content (AvgIpc) is 3.19. The van der Waals surface area contributed by atoms with Crippen molar-refractivity contribution in [3.63, 3.8) is 0 Å². The summed E-state index contributed by atoms with van der Waals surface area (Å²) >= 11 is 0. The summed E-state index contributed by atoms with van der Waals surface area (Å²) in [6.07, 6.45) is 18.0. The van der Waals surface area contributed by atoms with Crippen LogP contribution >= 0.6 is 0 Å². The Balaban J connectivity index is 1.15. The molecule has 2 N–H and O–H groups in total. The van der Waals surface area contributed by atoms with Gasteiger partial charge in [-0.3, -0.25) is 4.79 Å². The van der Waals surface area contributed by atoms with E-state index in [0.717, 1.165) is 30.1 Å². The Kier molecular flexibility index (Phi) is 6.07. The lowest BCUT2D eigenvalue weighted by Crippen LogP contribution is -2.63. The molecule has 0 aromatic carbocycles. The molecule has 0 spiro atoms. The number of hydrogen-bond donors (Lipinski definition) is 1. The van der Waals surface area contributed by atoms with Gasteiger partial charge in [-0.05, 0) is 153 Å². The standard InChI is InChI=1S/C37H55NO2/c1-8-40-33(39)31-25-19-22(20-26(25)31)27-12-15-36(7)29(34(27,4)5)14-16-35(6)28-13-18-37(38)17-11-23(21(2)3)32(37)24(28)9-10-30(35)36/h12,19,23-26,28-32H,2,8-11,13-18,20,38H2,1,3-7H3/t23-,24?,25?,26?,28?,29?,30?,31?,32+,35?,36?,37?/m0/s1. The fraction of sp³-hybridized carbons (Fsp3) is 0.811. The maximum Gasteiger partial charge on any atom is 0.309 e. The number of carbonyl (C=O) groups is 1. The number of hydrogen-bond acceptors (Lipinski definition) is 3. The van der Waals surface area contributed by atoms with E-state index in [2.05, 4.69) is 53.3 Å². The van der Waals surface area contributed by atoms with Gasteiger partial charge in [0, 0.05) is 5.54 Å². The van der Waals surface area contributed by atoms with E-state index < -0.39 is 0 Å². The summed E-state index contributed by atoms with van der Waals surface area (Å²) < 4.78 is 5.36. The first-order valence-electron chi connectivity index (χ1n) is 16.9. The topological polar surface area (TPSA) is 52.3 Å². The lowest BCUT2D eigenvalue weighted by molar-refractivity contribution is -0.175. The highest BCUT2D eigenvalue weighted by molar-refractivity contribution is 5.78. The maximum atomic E-state index is 12.4. The Morgan fingerprint density at radius 2 is 1.75 bits per heavy atom. The molecule has 0 radical (unpaired) electrons. The van der Waals surface area contributed by atoms with Crippen molar-refractivity contribution >= 4 is 5.97 Å². The maximum absolute atomic E-state index is 12.4. The number of esters is 1. The summed E-state index contributed by atoms with van der Waals surface area (Å²) in [4.78, 5) is 12.4. The van der Waals surface area contributed by atoms with Gasteiger partial charge in [-0.15, -0.1) is 0 Å². The summed E-state index contributed by atoms with van der Waals surface area (Å²) in [6.45, 7) is 19.7. The summed E-state index contributed by atoms with van der Waals surface area (Å²) in [7, 11) is 0.